The number of amides is 3. The maximum Gasteiger partial charge on any atom is 0.325 e. The van der Waals surface area contributed by atoms with Gasteiger partial charge in [0.25, 0.3) is 5.91 Å². The highest BCUT2D eigenvalue weighted by Crippen LogP contribution is 2.32. The first kappa shape index (κ1) is 19.4. The van der Waals surface area contributed by atoms with Crippen LogP contribution in [0.15, 0.2) is 52.5 Å². The fourth-order valence-corrected chi connectivity index (χ4v) is 4.05. The molecule has 0 radical (unpaired) electrons. The van der Waals surface area contributed by atoms with Crippen LogP contribution in [0.5, 0.6) is 0 Å². The molecule has 6 nitrogen and oxygen atoms in total. The van der Waals surface area contributed by atoms with E-state index in [4.69, 9.17) is 4.42 Å². The molecule has 0 bridgehead atoms. The molecule has 0 unspecified atom stereocenters. The van der Waals surface area contributed by atoms with Gasteiger partial charge in [0.1, 0.15) is 11.8 Å². The van der Waals surface area contributed by atoms with Gasteiger partial charge < -0.3 is 9.73 Å². The van der Waals surface area contributed by atoms with Gasteiger partial charge in [-0.1, -0.05) is 51.1 Å². The Morgan fingerprint density at radius 1 is 1.17 bits per heavy atom. The zero-order chi connectivity index (χ0) is 20.8. The number of nitrogens with zero attached hydrogens (tertiary/aromatic N) is 2. The lowest BCUT2D eigenvalue weighted by Gasteiger charge is -2.24. The second-order valence-corrected chi connectivity index (χ2v) is 9.34. The van der Waals surface area contributed by atoms with Gasteiger partial charge in [0, 0.05) is 0 Å². The van der Waals surface area contributed by atoms with Crippen molar-refractivity contribution in [3.8, 4) is 10.8 Å². The lowest BCUT2D eigenvalue weighted by Crippen LogP contribution is -2.40. The third-order valence-electron chi connectivity index (χ3n) is 5.21. The van der Waals surface area contributed by atoms with E-state index < -0.39 is 11.6 Å². The first-order chi connectivity index (χ1) is 13.7. The van der Waals surface area contributed by atoms with E-state index >= 15 is 0 Å². The van der Waals surface area contributed by atoms with E-state index in [2.05, 4.69) is 31.1 Å². The standard InChI is InChI=1S/C22H23N3O3S/c1-21(2,3)14-7-9-15(10-8-14)22(4)19(26)25(20(27)24-22)12-16-13-28-18(23-16)17-6-5-11-29-17/h5-11,13H,12H2,1-4H3,(H,24,27)/t22-/m1/s1. The predicted molar refractivity (Wildman–Crippen MR) is 111 cm³/mol. The Morgan fingerprint density at radius 3 is 2.52 bits per heavy atom. The SMILES string of the molecule is CC(C)(C)c1ccc([C@@]2(C)NC(=O)N(Cc3coc(-c4cccs4)n3)C2=O)cc1. The van der Waals surface area contributed by atoms with E-state index in [0.717, 1.165) is 10.4 Å². The summed E-state index contributed by atoms with van der Waals surface area (Å²) in [6, 6.07) is 11.2. The monoisotopic (exact) mass is 409 g/mol. The minimum atomic E-state index is -1.10. The number of hydrogen-bond acceptors (Lipinski definition) is 5. The van der Waals surface area contributed by atoms with Crippen molar-refractivity contribution < 1.29 is 14.0 Å². The van der Waals surface area contributed by atoms with Gasteiger partial charge in [-0.15, -0.1) is 11.3 Å². The normalized spacial score (nSPS) is 19.7. The van der Waals surface area contributed by atoms with E-state index in [1.165, 1.54) is 28.1 Å². The number of rotatable bonds is 4. The fourth-order valence-electron chi connectivity index (χ4n) is 3.39. The van der Waals surface area contributed by atoms with Gasteiger partial charge in [-0.2, -0.15) is 0 Å². The minimum Gasteiger partial charge on any atom is -0.443 e. The van der Waals surface area contributed by atoms with Crippen LogP contribution in [0.2, 0.25) is 0 Å². The van der Waals surface area contributed by atoms with Gasteiger partial charge in [0.2, 0.25) is 5.89 Å². The van der Waals surface area contributed by atoms with Gasteiger partial charge in [0.15, 0.2) is 0 Å². The minimum absolute atomic E-state index is 0.0155. The summed E-state index contributed by atoms with van der Waals surface area (Å²) < 4.78 is 5.50. The Balaban J connectivity index is 1.55. The van der Waals surface area contributed by atoms with Crippen molar-refractivity contribution in [3.05, 3.63) is 64.9 Å². The summed E-state index contributed by atoms with van der Waals surface area (Å²) >= 11 is 1.52. The number of urea groups is 1. The maximum atomic E-state index is 13.1. The highest BCUT2D eigenvalue weighted by atomic mass is 32.1. The number of nitrogens with one attached hydrogen (secondary N) is 1. The Hall–Kier alpha value is -2.93. The number of aromatic nitrogens is 1. The van der Waals surface area contributed by atoms with Crippen LogP contribution in [0.25, 0.3) is 10.8 Å². The van der Waals surface area contributed by atoms with Crippen molar-refractivity contribution in [2.45, 2.75) is 45.2 Å². The van der Waals surface area contributed by atoms with Crippen LogP contribution >= 0.6 is 11.3 Å². The molecule has 150 valence electrons. The summed E-state index contributed by atoms with van der Waals surface area (Å²) in [6.45, 7) is 8.21. The summed E-state index contributed by atoms with van der Waals surface area (Å²) in [5.74, 6) is 0.189. The van der Waals surface area contributed by atoms with Gasteiger partial charge in [-0.05, 0) is 34.9 Å². The Labute approximate surface area is 173 Å². The lowest BCUT2D eigenvalue weighted by molar-refractivity contribution is -0.131. The average Bonchev–Trinajstić information content (AvgIpc) is 3.39. The fraction of sp³-hybridized carbons (Fsp3) is 0.318. The molecule has 1 aliphatic rings. The molecule has 1 N–H and O–H groups in total. The molecule has 0 spiro atoms. The molecule has 0 aliphatic carbocycles. The number of imide groups is 1. The molecule has 3 amide bonds. The molecule has 1 atom stereocenters. The highest BCUT2D eigenvalue weighted by Gasteiger charge is 2.49. The van der Waals surface area contributed by atoms with E-state index in [1.807, 2.05) is 41.8 Å². The first-order valence-electron chi connectivity index (χ1n) is 9.42. The van der Waals surface area contributed by atoms with Gasteiger partial charge >= 0.3 is 6.03 Å². The van der Waals surface area contributed by atoms with Gasteiger partial charge in [-0.25, -0.2) is 9.78 Å². The molecule has 4 rings (SSSR count). The molecule has 1 aromatic carbocycles. The Bertz CT molecular complexity index is 1050. The summed E-state index contributed by atoms with van der Waals surface area (Å²) in [4.78, 5) is 32.2. The molecule has 3 aromatic rings. The summed E-state index contributed by atoms with van der Waals surface area (Å²) in [5, 5.41) is 4.78. The number of carbonyl (C=O) groups excluding carboxylic acids is 2. The van der Waals surface area contributed by atoms with E-state index in [9.17, 15) is 9.59 Å². The van der Waals surface area contributed by atoms with Gasteiger partial charge in [0.05, 0.1) is 17.1 Å². The summed E-state index contributed by atoms with van der Waals surface area (Å²) in [5.41, 5.74) is 1.37. The van der Waals surface area contributed by atoms with Crippen LogP contribution in [-0.2, 0) is 22.3 Å². The molecular formula is C22H23N3O3S. The smallest absolute Gasteiger partial charge is 0.325 e. The maximum absolute atomic E-state index is 13.1. The number of thiophene rings is 1. The predicted octanol–water partition coefficient (Wildman–Crippen LogP) is 4.67. The van der Waals surface area contributed by atoms with Gasteiger partial charge in [-0.3, -0.25) is 9.69 Å². The molecule has 7 heteroatoms. The molecule has 1 fully saturated rings. The second kappa shape index (κ2) is 6.84. The number of hydrogen-bond donors (Lipinski definition) is 1. The number of benzene rings is 1. The van der Waals surface area contributed by atoms with Crippen LogP contribution in [-0.4, -0.2) is 21.8 Å². The van der Waals surface area contributed by atoms with Crippen molar-refractivity contribution in [3.63, 3.8) is 0 Å². The largest absolute Gasteiger partial charge is 0.443 e. The topological polar surface area (TPSA) is 75.4 Å². The second-order valence-electron chi connectivity index (χ2n) is 8.40. The quantitative estimate of drug-likeness (QED) is 0.636. The van der Waals surface area contributed by atoms with Crippen LogP contribution in [0.3, 0.4) is 0 Å². The van der Waals surface area contributed by atoms with Crippen LogP contribution in [0.4, 0.5) is 4.79 Å². The highest BCUT2D eigenvalue weighted by molar-refractivity contribution is 7.13. The number of oxazole rings is 1. The van der Waals surface area contributed by atoms with E-state index in [-0.39, 0.29) is 17.9 Å². The third-order valence-corrected chi connectivity index (χ3v) is 6.06. The van der Waals surface area contributed by atoms with E-state index in [0.29, 0.717) is 11.6 Å². The summed E-state index contributed by atoms with van der Waals surface area (Å²) in [7, 11) is 0. The summed E-state index contributed by atoms with van der Waals surface area (Å²) in [6.07, 6.45) is 1.49. The molecule has 1 saturated heterocycles. The van der Waals surface area contributed by atoms with Crippen molar-refractivity contribution >= 4 is 23.3 Å². The zero-order valence-electron chi connectivity index (χ0n) is 16.9. The molecule has 0 saturated carbocycles. The van der Waals surface area contributed by atoms with Crippen molar-refractivity contribution in [2.75, 3.05) is 0 Å². The Kier molecular flexibility index (Phi) is 4.58. The Morgan fingerprint density at radius 2 is 1.90 bits per heavy atom. The zero-order valence-corrected chi connectivity index (χ0v) is 17.7. The first-order valence-corrected chi connectivity index (χ1v) is 10.3. The van der Waals surface area contributed by atoms with E-state index in [1.54, 1.807) is 6.92 Å². The van der Waals surface area contributed by atoms with Crippen LogP contribution in [0, 0.1) is 0 Å². The average molecular weight is 410 g/mol. The molecule has 29 heavy (non-hydrogen) atoms. The van der Waals surface area contributed by atoms with Crippen molar-refractivity contribution in [1.82, 2.24) is 15.2 Å². The third kappa shape index (κ3) is 3.46. The van der Waals surface area contributed by atoms with Crippen molar-refractivity contribution in [2.24, 2.45) is 0 Å². The van der Waals surface area contributed by atoms with Crippen LogP contribution in [0.1, 0.15) is 44.5 Å². The lowest BCUT2D eigenvalue weighted by atomic mass is 9.84. The number of carbonyl (C=O) groups is 2. The molecule has 1 aliphatic heterocycles. The van der Waals surface area contributed by atoms with Crippen LogP contribution < -0.4 is 5.32 Å². The molecular weight excluding hydrogens is 386 g/mol. The molecule has 2 aromatic heterocycles. The molecule has 3 heterocycles. The van der Waals surface area contributed by atoms with Crippen molar-refractivity contribution in [1.29, 1.82) is 0 Å².